The molecule has 0 unspecified atom stereocenters. The van der Waals surface area contributed by atoms with Gasteiger partial charge >= 0.3 is 5.97 Å². The van der Waals surface area contributed by atoms with Gasteiger partial charge in [-0.05, 0) is 31.0 Å². The fourth-order valence-electron chi connectivity index (χ4n) is 2.37. The van der Waals surface area contributed by atoms with Crippen LogP contribution in [0.4, 0.5) is 5.69 Å². The van der Waals surface area contributed by atoms with Gasteiger partial charge in [0, 0.05) is 30.8 Å². The molecule has 1 aliphatic carbocycles. The van der Waals surface area contributed by atoms with Gasteiger partial charge in [0.2, 0.25) is 0 Å². The number of hydrogen-bond acceptors (Lipinski definition) is 3. The van der Waals surface area contributed by atoms with E-state index in [1.807, 2.05) is 31.1 Å². The summed E-state index contributed by atoms with van der Waals surface area (Å²) in [5.74, 6) is 0.0455. The lowest BCUT2D eigenvalue weighted by Crippen LogP contribution is -2.16. The van der Waals surface area contributed by atoms with Crippen molar-refractivity contribution in [2.75, 3.05) is 26.1 Å². The number of nitrogens with zero attached hydrogens (tertiary/aromatic N) is 1. The standard InChI is InChI=1S/C14H19NO3/c1-15(2)10-4-5-12(18-3)11(8-10)14(6-7-14)9-13(16)17/h4-5,8H,6-7,9H2,1-3H3,(H,16,17). The van der Waals surface area contributed by atoms with Gasteiger partial charge in [0.1, 0.15) is 5.75 Å². The number of methoxy groups -OCH3 is 1. The van der Waals surface area contributed by atoms with Gasteiger partial charge in [0.15, 0.2) is 0 Å². The number of benzene rings is 1. The Labute approximate surface area is 107 Å². The first-order chi connectivity index (χ1) is 8.48. The summed E-state index contributed by atoms with van der Waals surface area (Å²) < 4.78 is 5.38. The summed E-state index contributed by atoms with van der Waals surface area (Å²) in [6.45, 7) is 0. The van der Waals surface area contributed by atoms with Crippen molar-refractivity contribution < 1.29 is 14.6 Å². The van der Waals surface area contributed by atoms with E-state index in [1.54, 1.807) is 7.11 Å². The Hall–Kier alpha value is -1.71. The van der Waals surface area contributed by atoms with Crippen molar-refractivity contribution >= 4 is 11.7 Å². The number of aliphatic carboxylic acids is 1. The third-order valence-corrected chi connectivity index (χ3v) is 3.61. The molecule has 1 aromatic rings. The fraction of sp³-hybridized carbons (Fsp3) is 0.500. The SMILES string of the molecule is COc1ccc(N(C)C)cc1C1(CC(=O)O)CC1. The van der Waals surface area contributed by atoms with Crippen LogP contribution in [0.2, 0.25) is 0 Å². The zero-order valence-corrected chi connectivity index (χ0v) is 11.1. The van der Waals surface area contributed by atoms with E-state index in [1.165, 1.54) is 0 Å². The molecule has 0 spiro atoms. The monoisotopic (exact) mass is 249 g/mol. The molecule has 1 aromatic carbocycles. The second kappa shape index (κ2) is 4.52. The number of anilines is 1. The molecular weight excluding hydrogens is 230 g/mol. The molecule has 1 saturated carbocycles. The van der Waals surface area contributed by atoms with E-state index in [-0.39, 0.29) is 11.8 Å². The first-order valence-electron chi connectivity index (χ1n) is 6.06. The van der Waals surface area contributed by atoms with Crippen LogP contribution in [-0.4, -0.2) is 32.3 Å². The molecule has 0 saturated heterocycles. The maximum absolute atomic E-state index is 11.0. The Bertz CT molecular complexity index is 464. The Morgan fingerprint density at radius 2 is 2.11 bits per heavy atom. The minimum atomic E-state index is -0.746. The van der Waals surface area contributed by atoms with Crippen LogP contribution in [0, 0.1) is 0 Å². The third-order valence-electron chi connectivity index (χ3n) is 3.61. The summed E-state index contributed by atoms with van der Waals surface area (Å²) in [4.78, 5) is 13.0. The molecule has 0 amide bonds. The highest BCUT2D eigenvalue weighted by Gasteiger charge is 2.47. The Morgan fingerprint density at radius 1 is 1.44 bits per heavy atom. The average Bonchev–Trinajstić information content (AvgIpc) is 3.08. The van der Waals surface area contributed by atoms with E-state index in [0.717, 1.165) is 29.8 Å². The smallest absolute Gasteiger partial charge is 0.304 e. The van der Waals surface area contributed by atoms with E-state index < -0.39 is 5.97 Å². The van der Waals surface area contributed by atoms with E-state index in [4.69, 9.17) is 9.84 Å². The lowest BCUT2D eigenvalue weighted by atomic mass is 9.91. The number of carboxylic acids is 1. The summed E-state index contributed by atoms with van der Waals surface area (Å²) in [5, 5.41) is 9.04. The molecule has 0 heterocycles. The van der Waals surface area contributed by atoms with Crippen LogP contribution in [0.25, 0.3) is 0 Å². The molecule has 0 aliphatic heterocycles. The summed E-state index contributed by atoms with van der Waals surface area (Å²) in [6, 6.07) is 5.96. The summed E-state index contributed by atoms with van der Waals surface area (Å²) >= 11 is 0. The Kier molecular flexibility index (Phi) is 3.20. The van der Waals surface area contributed by atoms with Gasteiger partial charge in [-0.25, -0.2) is 0 Å². The van der Waals surface area contributed by atoms with Gasteiger partial charge in [-0.2, -0.15) is 0 Å². The molecule has 0 atom stereocenters. The van der Waals surface area contributed by atoms with Crippen LogP contribution < -0.4 is 9.64 Å². The van der Waals surface area contributed by atoms with Crippen LogP contribution in [0.3, 0.4) is 0 Å². The van der Waals surface area contributed by atoms with Gasteiger partial charge in [-0.3, -0.25) is 4.79 Å². The number of hydrogen-bond donors (Lipinski definition) is 1. The normalized spacial score (nSPS) is 16.2. The predicted molar refractivity (Wildman–Crippen MR) is 70.5 cm³/mol. The molecule has 1 aliphatic rings. The molecule has 18 heavy (non-hydrogen) atoms. The predicted octanol–water partition coefficient (Wildman–Crippen LogP) is 2.27. The molecule has 0 aromatic heterocycles. The second-order valence-corrected chi connectivity index (χ2v) is 5.13. The van der Waals surface area contributed by atoms with E-state index >= 15 is 0 Å². The van der Waals surface area contributed by atoms with E-state index in [0.29, 0.717) is 0 Å². The first-order valence-corrected chi connectivity index (χ1v) is 6.06. The highest BCUT2D eigenvalue weighted by atomic mass is 16.5. The summed E-state index contributed by atoms with van der Waals surface area (Å²) in [6.07, 6.45) is 2.03. The van der Waals surface area contributed by atoms with Crippen molar-refractivity contribution in [3.05, 3.63) is 23.8 Å². The topological polar surface area (TPSA) is 49.8 Å². The molecule has 98 valence electrons. The van der Waals surface area contributed by atoms with Crippen LogP contribution in [0.5, 0.6) is 5.75 Å². The second-order valence-electron chi connectivity index (χ2n) is 5.13. The molecular formula is C14H19NO3. The number of carbonyl (C=O) groups is 1. The van der Waals surface area contributed by atoms with Gasteiger partial charge in [0.25, 0.3) is 0 Å². The van der Waals surface area contributed by atoms with Gasteiger partial charge in [0.05, 0.1) is 13.5 Å². The number of carboxylic acid groups (broad SMARTS) is 1. The van der Waals surface area contributed by atoms with Crippen LogP contribution in [0.1, 0.15) is 24.8 Å². The molecule has 0 bridgehead atoms. The highest BCUT2D eigenvalue weighted by Crippen LogP contribution is 2.54. The number of ether oxygens (including phenoxy) is 1. The van der Waals surface area contributed by atoms with Gasteiger partial charge in [-0.1, -0.05) is 0 Å². The molecule has 0 radical (unpaired) electrons. The van der Waals surface area contributed by atoms with Crippen molar-refractivity contribution in [1.82, 2.24) is 0 Å². The lowest BCUT2D eigenvalue weighted by Gasteiger charge is -2.21. The zero-order chi connectivity index (χ0) is 13.3. The van der Waals surface area contributed by atoms with Crippen LogP contribution >= 0.6 is 0 Å². The van der Waals surface area contributed by atoms with Gasteiger partial charge < -0.3 is 14.7 Å². The Balaban J connectivity index is 2.41. The third kappa shape index (κ3) is 2.28. The Morgan fingerprint density at radius 3 is 2.56 bits per heavy atom. The molecule has 4 nitrogen and oxygen atoms in total. The van der Waals surface area contributed by atoms with E-state index in [2.05, 4.69) is 6.07 Å². The minimum Gasteiger partial charge on any atom is -0.496 e. The zero-order valence-electron chi connectivity index (χ0n) is 11.1. The minimum absolute atomic E-state index is 0.181. The maximum Gasteiger partial charge on any atom is 0.304 e. The molecule has 1 N–H and O–H groups in total. The summed E-state index contributed by atoms with van der Waals surface area (Å²) in [7, 11) is 5.58. The molecule has 2 rings (SSSR count). The van der Waals surface area contributed by atoms with Crippen molar-refractivity contribution in [1.29, 1.82) is 0 Å². The number of rotatable bonds is 5. The molecule has 1 fully saturated rings. The average molecular weight is 249 g/mol. The van der Waals surface area contributed by atoms with Crippen molar-refractivity contribution in [2.45, 2.75) is 24.7 Å². The highest BCUT2D eigenvalue weighted by molar-refractivity contribution is 5.71. The first kappa shape index (κ1) is 12.7. The largest absolute Gasteiger partial charge is 0.496 e. The van der Waals surface area contributed by atoms with Crippen LogP contribution in [0.15, 0.2) is 18.2 Å². The molecule has 4 heteroatoms. The quantitative estimate of drug-likeness (QED) is 0.869. The van der Waals surface area contributed by atoms with E-state index in [9.17, 15) is 4.79 Å². The van der Waals surface area contributed by atoms with Crippen molar-refractivity contribution in [3.63, 3.8) is 0 Å². The van der Waals surface area contributed by atoms with Crippen molar-refractivity contribution in [3.8, 4) is 5.75 Å². The van der Waals surface area contributed by atoms with Gasteiger partial charge in [-0.15, -0.1) is 0 Å². The summed E-state index contributed by atoms with van der Waals surface area (Å²) in [5.41, 5.74) is 1.88. The van der Waals surface area contributed by atoms with Crippen LogP contribution in [-0.2, 0) is 10.2 Å². The van der Waals surface area contributed by atoms with Crippen molar-refractivity contribution in [2.24, 2.45) is 0 Å². The fourth-order valence-corrected chi connectivity index (χ4v) is 2.37. The lowest BCUT2D eigenvalue weighted by molar-refractivity contribution is -0.137. The maximum atomic E-state index is 11.0.